The van der Waals surface area contributed by atoms with E-state index in [1.807, 2.05) is 0 Å². The van der Waals surface area contributed by atoms with Gasteiger partial charge in [0.15, 0.2) is 28.6 Å². The van der Waals surface area contributed by atoms with Gasteiger partial charge in [-0.25, -0.2) is 20.4 Å². The van der Waals surface area contributed by atoms with Gasteiger partial charge in [-0.3, -0.25) is 14.6 Å². The highest BCUT2D eigenvalue weighted by Crippen LogP contribution is 2.28. The van der Waals surface area contributed by atoms with Crippen molar-refractivity contribution in [2.75, 3.05) is 19.7 Å². The molecule has 0 aliphatic rings. The van der Waals surface area contributed by atoms with Gasteiger partial charge in [0.1, 0.15) is 6.10 Å². The van der Waals surface area contributed by atoms with Crippen molar-refractivity contribution in [1.29, 1.82) is 0 Å². The number of carboxylic acids is 2. The van der Waals surface area contributed by atoms with Crippen molar-refractivity contribution in [1.82, 2.24) is 10.9 Å². The molecule has 0 aliphatic heterocycles. The molecule has 0 bridgehead atoms. The summed E-state index contributed by atoms with van der Waals surface area (Å²) in [6, 6.07) is 0. The summed E-state index contributed by atoms with van der Waals surface area (Å²) in [7, 11) is 0. The zero-order valence-electron chi connectivity index (χ0n) is 26.2. The van der Waals surface area contributed by atoms with Crippen LogP contribution in [0.5, 0.6) is 0 Å². The Kier molecular flexibility index (Phi) is 19.1. The molecule has 0 aliphatic carbocycles. The Hall–Kier alpha value is -2.65. The van der Waals surface area contributed by atoms with E-state index in [1.165, 1.54) is 26.7 Å². The number of hydrogen-bond donors (Lipinski definition) is 9. The normalized spacial score (nSPS) is 15.2. The number of Topliss-reactive ketones (excluding diaryl/α,β-unsaturated/α-hetero) is 2. The van der Waals surface area contributed by atoms with E-state index in [4.69, 9.17) is 17.2 Å². The van der Waals surface area contributed by atoms with Crippen LogP contribution in [0.15, 0.2) is 4.99 Å². The minimum Gasteiger partial charge on any atom is -0.479 e. The molecular formula is C29H56N6O8. The molecule has 0 saturated carbocycles. The monoisotopic (exact) mass is 616 g/mol. The van der Waals surface area contributed by atoms with Gasteiger partial charge in [0, 0.05) is 18.4 Å². The Morgan fingerprint density at radius 2 is 1.28 bits per heavy atom. The molecule has 0 rings (SSSR count). The Bertz CT molecular complexity index is 911. The largest absolute Gasteiger partial charge is 0.479 e. The molecule has 0 spiro atoms. The molecule has 0 unspecified atom stereocenters. The summed E-state index contributed by atoms with van der Waals surface area (Å²) >= 11 is 0. The third kappa shape index (κ3) is 12.9. The van der Waals surface area contributed by atoms with Crippen LogP contribution in [0.1, 0.15) is 111 Å². The van der Waals surface area contributed by atoms with Gasteiger partial charge in [0.25, 0.3) is 0 Å². The van der Waals surface area contributed by atoms with E-state index < -0.39 is 59.1 Å². The first-order chi connectivity index (χ1) is 20.2. The lowest BCUT2D eigenvalue weighted by Gasteiger charge is -2.39. The van der Waals surface area contributed by atoms with E-state index in [1.54, 1.807) is 0 Å². The average molecular weight is 617 g/mol. The minimum absolute atomic E-state index is 0.00390. The topological polar surface area (TPSA) is 264 Å². The highest BCUT2D eigenvalue weighted by Gasteiger charge is 2.54. The van der Waals surface area contributed by atoms with Crippen molar-refractivity contribution in [3.63, 3.8) is 0 Å². The molecule has 0 aromatic carbocycles. The number of nitrogens with one attached hydrogen (secondary N) is 2. The molecular weight excluding hydrogens is 560 g/mol. The fourth-order valence-corrected chi connectivity index (χ4v) is 4.68. The number of carbonyl (C=O) groups excluding carboxylic acids is 2. The number of carboxylic acid groups (broad SMARTS) is 2. The summed E-state index contributed by atoms with van der Waals surface area (Å²) in [6.07, 6.45) is 6.10. The van der Waals surface area contributed by atoms with Crippen molar-refractivity contribution in [2.45, 2.75) is 128 Å². The van der Waals surface area contributed by atoms with Gasteiger partial charge in [-0.2, -0.15) is 0 Å². The second-order valence-electron chi connectivity index (χ2n) is 11.9. The maximum Gasteiger partial charge on any atom is 0.333 e. The number of unbranched alkanes of at least 4 members (excludes halogenated alkanes) is 8. The lowest BCUT2D eigenvalue weighted by molar-refractivity contribution is -0.162. The van der Waals surface area contributed by atoms with Crippen molar-refractivity contribution >= 4 is 29.5 Å². The Balaban J connectivity index is 6.11. The molecule has 0 fully saturated rings. The summed E-state index contributed by atoms with van der Waals surface area (Å²) in [5.41, 5.74) is 14.8. The molecule has 43 heavy (non-hydrogen) atoms. The lowest BCUT2D eigenvalue weighted by atomic mass is 9.76. The first-order valence-corrected chi connectivity index (χ1v) is 15.3. The molecule has 0 heterocycles. The SMILES string of the molecule is CCCCCCCCCCCC(=O)[C@@](CCCN=C(N)N)(NN[C@@](CCCN)(C(=O)O)C(=O)[C@H](O)C(C)(C)CO)C(=O)O. The van der Waals surface area contributed by atoms with Crippen LogP contribution in [0.2, 0.25) is 0 Å². The molecule has 12 N–H and O–H groups in total. The number of aliphatic imine (C=N–C) groups is 1. The van der Waals surface area contributed by atoms with E-state index >= 15 is 0 Å². The number of rotatable bonds is 27. The first kappa shape index (κ1) is 40.4. The number of guanidine groups is 1. The third-order valence-corrected chi connectivity index (χ3v) is 7.78. The number of aliphatic carboxylic acids is 2. The number of hydrazine groups is 1. The number of nitrogens with two attached hydrogens (primary N) is 3. The zero-order valence-corrected chi connectivity index (χ0v) is 26.2. The number of nitrogens with zero attached hydrogens (tertiary/aromatic N) is 1. The predicted octanol–water partition coefficient (Wildman–Crippen LogP) is 0.958. The van der Waals surface area contributed by atoms with Crippen LogP contribution >= 0.6 is 0 Å². The Labute approximate surface area is 255 Å². The molecule has 0 saturated heterocycles. The van der Waals surface area contributed by atoms with E-state index in [0.29, 0.717) is 12.8 Å². The third-order valence-electron chi connectivity index (χ3n) is 7.78. The molecule has 3 atom stereocenters. The van der Waals surface area contributed by atoms with Crippen molar-refractivity contribution in [2.24, 2.45) is 27.6 Å². The fraction of sp³-hybridized carbons (Fsp3) is 0.828. The van der Waals surface area contributed by atoms with E-state index in [2.05, 4.69) is 22.8 Å². The molecule has 0 aromatic heterocycles. The maximum absolute atomic E-state index is 13.5. The number of aliphatic hydroxyl groups is 2. The Morgan fingerprint density at radius 3 is 1.74 bits per heavy atom. The summed E-state index contributed by atoms with van der Waals surface area (Å²) in [4.78, 5) is 56.2. The number of ketones is 2. The van der Waals surface area contributed by atoms with Gasteiger partial charge < -0.3 is 37.6 Å². The van der Waals surface area contributed by atoms with Gasteiger partial charge in [-0.05, 0) is 38.6 Å². The van der Waals surface area contributed by atoms with Crippen LogP contribution in [-0.4, -0.2) is 86.8 Å². The highest BCUT2D eigenvalue weighted by molar-refractivity contribution is 6.11. The van der Waals surface area contributed by atoms with Gasteiger partial charge in [-0.15, -0.1) is 0 Å². The van der Waals surface area contributed by atoms with Crippen molar-refractivity contribution in [3.8, 4) is 0 Å². The van der Waals surface area contributed by atoms with Crippen LogP contribution in [0, 0.1) is 5.41 Å². The highest BCUT2D eigenvalue weighted by atomic mass is 16.4. The predicted molar refractivity (Wildman–Crippen MR) is 164 cm³/mol. The molecule has 0 amide bonds. The van der Waals surface area contributed by atoms with E-state index in [-0.39, 0.29) is 44.7 Å². The summed E-state index contributed by atoms with van der Waals surface area (Å²) < 4.78 is 0. The molecule has 0 radical (unpaired) electrons. The number of hydrogen-bond acceptors (Lipinski definition) is 10. The van der Waals surface area contributed by atoms with Crippen LogP contribution in [0.4, 0.5) is 0 Å². The van der Waals surface area contributed by atoms with E-state index in [9.17, 15) is 39.6 Å². The van der Waals surface area contributed by atoms with Gasteiger partial charge in [-0.1, -0.05) is 72.1 Å². The van der Waals surface area contributed by atoms with Crippen LogP contribution in [0.25, 0.3) is 0 Å². The van der Waals surface area contributed by atoms with Gasteiger partial charge >= 0.3 is 11.9 Å². The average Bonchev–Trinajstić information content (AvgIpc) is 2.96. The maximum atomic E-state index is 13.5. The molecule has 14 nitrogen and oxygen atoms in total. The lowest BCUT2D eigenvalue weighted by Crippen LogP contribution is -2.73. The molecule has 0 aromatic rings. The van der Waals surface area contributed by atoms with Gasteiger partial charge in [0.05, 0.1) is 6.61 Å². The summed E-state index contributed by atoms with van der Waals surface area (Å²) in [5, 5.41) is 41.0. The summed E-state index contributed by atoms with van der Waals surface area (Å²) in [5.74, 6) is -5.43. The summed E-state index contributed by atoms with van der Waals surface area (Å²) in [6.45, 7) is 4.26. The zero-order chi connectivity index (χ0) is 33.1. The second-order valence-corrected chi connectivity index (χ2v) is 11.9. The minimum atomic E-state index is -2.57. The number of aliphatic hydroxyl groups excluding tert-OH is 2. The van der Waals surface area contributed by atoms with E-state index in [0.717, 1.165) is 32.1 Å². The van der Waals surface area contributed by atoms with Gasteiger partial charge in [0.2, 0.25) is 0 Å². The standard InChI is InChI=1S/C29H56N6O8/c1-4-5-6-7-8-9-10-11-12-15-21(37)28(24(40)41,17-14-19-33-26(31)32)34-35-29(25(42)43,16-13-18-30)23(39)22(38)27(2,3)20-36/h22,34-36,38H,4-20,30H2,1-3H3,(H,40,41)(H,42,43)(H4,31,32,33)/t22-,28+,29+/m0/s1. The number of carbonyl (C=O) groups is 4. The Morgan fingerprint density at radius 1 is 0.791 bits per heavy atom. The molecule has 14 heteroatoms. The van der Waals surface area contributed by atoms with Crippen LogP contribution in [-0.2, 0) is 19.2 Å². The van der Waals surface area contributed by atoms with Crippen LogP contribution < -0.4 is 28.1 Å². The van der Waals surface area contributed by atoms with Crippen molar-refractivity contribution < 1.29 is 39.6 Å². The molecule has 250 valence electrons. The smallest absolute Gasteiger partial charge is 0.333 e. The first-order valence-electron chi connectivity index (χ1n) is 15.3. The fourth-order valence-electron chi connectivity index (χ4n) is 4.68. The second kappa shape index (κ2) is 20.3. The quantitative estimate of drug-likeness (QED) is 0.0205. The van der Waals surface area contributed by atoms with Crippen LogP contribution in [0.3, 0.4) is 0 Å². The van der Waals surface area contributed by atoms with Crippen molar-refractivity contribution in [3.05, 3.63) is 0 Å².